The van der Waals surface area contributed by atoms with Crippen molar-refractivity contribution in [3.63, 3.8) is 0 Å². The molecule has 440 valence electrons. The summed E-state index contributed by atoms with van der Waals surface area (Å²) < 4.78 is 7.10. The molecule has 0 bridgehead atoms. The third-order valence-corrected chi connectivity index (χ3v) is 20.3. The van der Waals surface area contributed by atoms with Crippen molar-refractivity contribution in [1.29, 1.82) is 0 Å². The van der Waals surface area contributed by atoms with E-state index in [9.17, 15) is 0 Å². The second-order valence-electron chi connectivity index (χ2n) is 25.7. The van der Waals surface area contributed by atoms with Crippen molar-refractivity contribution >= 4 is 89.8 Å². The number of aromatic nitrogens is 3. The zero-order chi connectivity index (χ0) is 62.1. The number of hydrogen-bond acceptors (Lipinski definition) is 1. The van der Waals surface area contributed by atoms with Gasteiger partial charge in [0.25, 0.3) is 0 Å². The molecule has 0 N–H and O–H groups in total. The number of nitrogens with zero attached hydrogens (tertiary/aromatic N) is 4. The number of fused-ring (bicyclic) bond motifs is 13. The average molecular weight is 1190 g/mol. The molecule has 4 nitrogen and oxygen atoms in total. The molecule has 1 atom stereocenters. The zero-order valence-electron chi connectivity index (χ0n) is 52.1. The van der Waals surface area contributed by atoms with Crippen LogP contribution < -0.4 is 4.90 Å². The molecule has 0 amide bonds. The first-order valence-corrected chi connectivity index (χ1v) is 32.4. The van der Waals surface area contributed by atoms with Crippen LogP contribution in [0.25, 0.3) is 134 Å². The van der Waals surface area contributed by atoms with E-state index in [0.717, 1.165) is 45.2 Å². The molecule has 3 aromatic heterocycles. The minimum atomic E-state index is -0.280. The summed E-state index contributed by atoms with van der Waals surface area (Å²) in [4.78, 5) is 2.48. The molecule has 3 heterocycles. The molecule has 16 aromatic rings. The maximum Gasteiger partial charge on any atom is 0.0541 e. The van der Waals surface area contributed by atoms with E-state index >= 15 is 0 Å². The molecule has 0 saturated heterocycles. The van der Waals surface area contributed by atoms with Gasteiger partial charge in [0.1, 0.15) is 0 Å². The van der Waals surface area contributed by atoms with Gasteiger partial charge in [-0.25, -0.2) is 0 Å². The molecule has 0 fully saturated rings. The minimum absolute atomic E-state index is 0.174. The van der Waals surface area contributed by atoms with E-state index in [2.05, 4.69) is 355 Å². The minimum Gasteiger partial charge on any atom is -0.310 e. The van der Waals surface area contributed by atoms with Gasteiger partial charge < -0.3 is 18.6 Å². The molecule has 0 saturated carbocycles. The summed E-state index contributed by atoms with van der Waals surface area (Å²) in [5.74, 6) is 0.174. The maximum absolute atomic E-state index is 4.31. The Bertz CT molecular complexity index is 5680. The monoisotopic (exact) mass is 1190 g/mol. The summed E-state index contributed by atoms with van der Waals surface area (Å²) >= 11 is 0. The summed E-state index contributed by atoms with van der Waals surface area (Å²) in [5.41, 5.74) is 31.2. The van der Waals surface area contributed by atoms with Gasteiger partial charge in [0.15, 0.2) is 0 Å². The lowest BCUT2D eigenvalue weighted by Crippen LogP contribution is -2.17. The Hall–Kier alpha value is -11.7. The summed E-state index contributed by atoms with van der Waals surface area (Å²) in [5, 5.41) is 6.24. The van der Waals surface area contributed by atoms with Crippen molar-refractivity contribution < 1.29 is 0 Å². The van der Waals surface area contributed by atoms with Gasteiger partial charge in [0.05, 0.1) is 33.3 Å². The van der Waals surface area contributed by atoms with Crippen LogP contribution >= 0.6 is 0 Å². The van der Waals surface area contributed by atoms with E-state index < -0.39 is 0 Å². The number of benzene rings is 13. The van der Waals surface area contributed by atoms with Gasteiger partial charge in [0.2, 0.25) is 0 Å². The molecule has 93 heavy (non-hydrogen) atoms. The van der Waals surface area contributed by atoms with Crippen molar-refractivity contribution in [3.05, 3.63) is 343 Å². The Morgan fingerprint density at radius 1 is 0.344 bits per heavy atom. The molecule has 18 rings (SSSR count). The zero-order valence-corrected chi connectivity index (χ0v) is 52.1. The van der Waals surface area contributed by atoms with Crippen molar-refractivity contribution in [3.8, 4) is 61.6 Å². The highest BCUT2D eigenvalue weighted by Crippen LogP contribution is 2.53. The van der Waals surface area contributed by atoms with Crippen molar-refractivity contribution in [1.82, 2.24) is 13.7 Å². The van der Waals surface area contributed by atoms with Gasteiger partial charge in [-0.1, -0.05) is 221 Å². The van der Waals surface area contributed by atoms with Crippen LogP contribution in [0.15, 0.2) is 304 Å². The fourth-order valence-electron chi connectivity index (χ4n) is 15.8. The number of para-hydroxylation sites is 6. The van der Waals surface area contributed by atoms with Crippen molar-refractivity contribution in [2.24, 2.45) is 0 Å². The molecule has 2 aliphatic rings. The van der Waals surface area contributed by atoms with Crippen LogP contribution in [-0.4, -0.2) is 13.7 Å². The molecule has 0 spiro atoms. The highest BCUT2D eigenvalue weighted by molar-refractivity contribution is 6.11. The average Bonchev–Trinajstić information content (AvgIpc) is 1.61. The molecule has 4 heteroatoms. The Kier molecular flexibility index (Phi) is 12.4. The lowest BCUT2D eigenvalue weighted by molar-refractivity contribution is 0.660. The Morgan fingerprint density at radius 3 is 1.40 bits per heavy atom. The van der Waals surface area contributed by atoms with Crippen molar-refractivity contribution in [2.45, 2.75) is 32.1 Å². The van der Waals surface area contributed by atoms with Crippen LogP contribution in [0.1, 0.15) is 65.8 Å². The molecular formula is C89H64N4. The third-order valence-electron chi connectivity index (χ3n) is 20.3. The SMILES string of the molecule is C=Cc1c(/C=C/c2ccc3c(c2)C(C)c2cc(N(c4ccc(-c5ccc(-n6c7ccccc7c7ccccc76)cc5)cc4)c4ccc5c(c4)C(C)(C)c4cc(-c6ccc7c(c6)c6ccccc6n7-c6ccccc6)ccc4-5)ccc2-3)c2ccccc2n1-c1ccccc1. The fraction of sp³-hybridized carbons (Fsp3) is 0.0562. The molecule has 0 aliphatic heterocycles. The number of rotatable bonds is 11. The van der Waals surface area contributed by atoms with Crippen LogP contribution in [-0.2, 0) is 5.41 Å². The van der Waals surface area contributed by atoms with Crippen molar-refractivity contribution in [2.75, 3.05) is 4.90 Å². The lowest BCUT2D eigenvalue weighted by Gasteiger charge is -2.29. The first kappa shape index (κ1) is 54.2. The predicted octanol–water partition coefficient (Wildman–Crippen LogP) is 23.9. The van der Waals surface area contributed by atoms with Crippen LogP contribution in [0.3, 0.4) is 0 Å². The largest absolute Gasteiger partial charge is 0.310 e. The van der Waals surface area contributed by atoms with Crippen LogP contribution in [0.5, 0.6) is 0 Å². The van der Waals surface area contributed by atoms with Gasteiger partial charge in [-0.3, -0.25) is 0 Å². The van der Waals surface area contributed by atoms with Gasteiger partial charge >= 0.3 is 0 Å². The fourth-order valence-corrected chi connectivity index (χ4v) is 15.8. The molecule has 1 unspecified atom stereocenters. The van der Waals surface area contributed by atoms with Crippen LogP contribution in [0.2, 0.25) is 0 Å². The quantitative estimate of drug-likeness (QED) is 0.126. The van der Waals surface area contributed by atoms with E-state index in [1.54, 1.807) is 0 Å². The normalized spacial score (nSPS) is 13.7. The van der Waals surface area contributed by atoms with Crippen LogP contribution in [0, 0.1) is 0 Å². The van der Waals surface area contributed by atoms with Crippen LogP contribution in [0.4, 0.5) is 17.1 Å². The van der Waals surface area contributed by atoms with Gasteiger partial charge in [-0.05, 0) is 194 Å². The lowest BCUT2D eigenvalue weighted by atomic mass is 9.81. The summed E-state index contributed by atoms with van der Waals surface area (Å²) in [6.07, 6.45) is 6.54. The Labute approximate surface area is 541 Å². The molecule has 0 radical (unpaired) electrons. The first-order chi connectivity index (χ1) is 45.7. The van der Waals surface area contributed by atoms with Gasteiger partial charge in [-0.2, -0.15) is 0 Å². The first-order valence-electron chi connectivity index (χ1n) is 32.4. The van der Waals surface area contributed by atoms with E-state index in [1.807, 2.05) is 6.08 Å². The predicted molar refractivity (Wildman–Crippen MR) is 393 cm³/mol. The second kappa shape index (κ2) is 21.2. The van der Waals surface area contributed by atoms with Gasteiger partial charge in [0, 0.05) is 78.0 Å². The Morgan fingerprint density at radius 2 is 0.774 bits per heavy atom. The number of hydrogen-bond donors (Lipinski definition) is 0. The Balaban J connectivity index is 0.704. The van der Waals surface area contributed by atoms with Gasteiger partial charge in [-0.15, -0.1) is 0 Å². The number of anilines is 3. The molecule has 2 aliphatic carbocycles. The topological polar surface area (TPSA) is 18.0 Å². The highest BCUT2D eigenvalue weighted by Gasteiger charge is 2.37. The van der Waals surface area contributed by atoms with E-state index in [-0.39, 0.29) is 11.3 Å². The molecular weight excluding hydrogens is 1130 g/mol. The molecule has 13 aromatic carbocycles. The smallest absolute Gasteiger partial charge is 0.0541 e. The second-order valence-corrected chi connectivity index (χ2v) is 25.7. The third kappa shape index (κ3) is 8.52. The summed E-state index contributed by atoms with van der Waals surface area (Å²) in [6, 6.07) is 110. The standard InChI is InChI=1S/C89H64N4/c1-5-83-77(75-26-14-16-28-84(75)91(83)63-20-8-6-9-21-63)47-33-58-32-46-69-70-49-44-67(55-79(70)57(2)78(69)52-58)90(65-40-34-59(35-41-65)60-36-42-66(43-37-60)93-85-29-17-12-24-73(85)74-25-13-18-30-86(74)93)68-45-50-72-71-48-38-62(54-81(71)89(3,4)82(72)56-68)61-39-51-88-80(53-61)76-27-15-19-31-87(76)92(88)64-22-10-7-11-23-64/h5-57H,1H2,2-4H3/b47-33+. The summed E-state index contributed by atoms with van der Waals surface area (Å²) in [7, 11) is 0. The van der Waals surface area contributed by atoms with E-state index in [1.165, 1.54) is 127 Å². The summed E-state index contributed by atoms with van der Waals surface area (Å²) in [6.45, 7) is 11.5. The van der Waals surface area contributed by atoms with E-state index in [0.29, 0.717) is 0 Å². The van der Waals surface area contributed by atoms with E-state index in [4.69, 9.17) is 0 Å². The maximum atomic E-state index is 4.31. The highest BCUT2D eigenvalue weighted by atomic mass is 15.1.